The minimum absolute atomic E-state index is 0.00729. The molecule has 2 aromatic rings. The third-order valence-electron chi connectivity index (χ3n) is 4.62. The Morgan fingerprint density at radius 2 is 1.70 bits per heavy atom. The zero-order valence-electron chi connectivity index (χ0n) is 17.4. The van der Waals surface area contributed by atoms with Gasteiger partial charge in [0.15, 0.2) is 0 Å². The second-order valence-corrected chi connectivity index (χ2v) is 10.3. The van der Waals surface area contributed by atoms with Crippen LogP contribution in [0.1, 0.15) is 29.8 Å². The molecule has 0 atom stereocenters. The molecule has 0 heterocycles. The monoisotopic (exact) mass is 451 g/mol. The summed E-state index contributed by atoms with van der Waals surface area (Å²) in [5, 5.41) is 5.93. The predicted octanol–water partition coefficient (Wildman–Crippen LogP) is 2.41. The lowest BCUT2D eigenvalue weighted by Crippen LogP contribution is -2.42. The lowest BCUT2D eigenvalue weighted by Gasteiger charge is -2.26. The molecule has 0 aliphatic carbocycles. The summed E-state index contributed by atoms with van der Waals surface area (Å²) in [5.74, 6) is -0.884. The van der Waals surface area contributed by atoms with Gasteiger partial charge in [-0.3, -0.25) is 9.59 Å². The molecule has 2 amide bonds. The van der Waals surface area contributed by atoms with Gasteiger partial charge in [0, 0.05) is 36.6 Å². The molecule has 9 heteroatoms. The van der Waals surface area contributed by atoms with Crippen LogP contribution >= 0.6 is 11.6 Å². The first-order chi connectivity index (χ1) is 13.9. The zero-order valence-corrected chi connectivity index (χ0v) is 19.0. The van der Waals surface area contributed by atoms with Crippen LogP contribution in [0.4, 0.5) is 0 Å². The molecule has 0 aromatic heterocycles. The van der Waals surface area contributed by atoms with E-state index in [1.807, 2.05) is 32.0 Å². The Morgan fingerprint density at radius 3 is 2.33 bits per heavy atom. The quantitative estimate of drug-likeness (QED) is 0.644. The lowest BCUT2D eigenvalue weighted by molar-refractivity contribution is -0.120. The molecule has 162 valence electrons. The fourth-order valence-corrected chi connectivity index (χ4v) is 3.80. The second-order valence-electron chi connectivity index (χ2n) is 7.67. The van der Waals surface area contributed by atoms with E-state index in [0.717, 1.165) is 9.87 Å². The summed E-state index contributed by atoms with van der Waals surface area (Å²) < 4.78 is 25.5. The fraction of sp³-hybridized carbons (Fsp3) is 0.333. The van der Waals surface area contributed by atoms with E-state index in [4.69, 9.17) is 11.6 Å². The van der Waals surface area contributed by atoms with Gasteiger partial charge in [0.1, 0.15) is 0 Å². The van der Waals surface area contributed by atoms with Gasteiger partial charge in [0.2, 0.25) is 15.9 Å². The highest BCUT2D eigenvalue weighted by atomic mass is 35.5. The number of halogens is 1. The highest BCUT2D eigenvalue weighted by molar-refractivity contribution is 7.89. The average molecular weight is 452 g/mol. The number of nitrogens with one attached hydrogen (secondary N) is 2. The van der Waals surface area contributed by atoms with Crippen molar-refractivity contribution in [2.24, 2.45) is 0 Å². The highest BCUT2D eigenvalue weighted by Crippen LogP contribution is 2.24. The molecule has 2 N–H and O–H groups in total. The van der Waals surface area contributed by atoms with Crippen LogP contribution in [0.5, 0.6) is 0 Å². The van der Waals surface area contributed by atoms with Crippen molar-refractivity contribution in [2.75, 3.05) is 27.2 Å². The van der Waals surface area contributed by atoms with E-state index in [0.29, 0.717) is 11.6 Å². The van der Waals surface area contributed by atoms with Gasteiger partial charge < -0.3 is 10.6 Å². The van der Waals surface area contributed by atoms with Gasteiger partial charge in [-0.2, -0.15) is 0 Å². The van der Waals surface area contributed by atoms with Gasteiger partial charge in [0.25, 0.3) is 5.91 Å². The van der Waals surface area contributed by atoms with Crippen molar-refractivity contribution in [3.05, 3.63) is 64.7 Å². The topological polar surface area (TPSA) is 95.6 Å². The van der Waals surface area contributed by atoms with Gasteiger partial charge in [0.05, 0.1) is 11.4 Å². The molecule has 0 bridgehead atoms. The van der Waals surface area contributed by atoms with Crippen LogP contribution in [-0.2, 0) is 20.2 Å². The predicted molar refractivity (Wildman–Crippen MR) is 117 cm³/mol. The van der Waals surface area contributed by atoms with Crippen LogP contribution in [-0.4, -0.2) is 51.7 Å². The van der Waals surface area contributed by atoms with E-state index in [-0.39, 0.29) is 28.3 Å². The van der Waals surface area contributed by atoms with Crippen molar-refractivity contribution in [1.82, 2.24) is 14.9 Å². The first-order valence-electron chi connectivity index (χ1n) is 9.27. The molecule has 0 spiro atoms. The summed E-state index contributed by atoms with van der Waals surface area (Å²) in [7, 11) is -0.826. The SMILES string of the molecule is CN(C)S(=O)(=O)c1cccc(C(=O)NCC(=O)NCC(C)(C)c2cccc(Cl)c2)c1. The summed E-state index contributed by atoms with van der Waals surface area (Å²) >= 11 is 6.04. The Bertz CT molecular complexity index is 1040. The van der Waals surface area contributed by atoms with Gasteiger partial charge in [-0.15, -0.1) is 0 Å². The van der Waals surface area contributed by atoms with Crippen molar-refractivity contribution in [3.63, 3.8) is 0 Å². The number of rotatable bonds is 8. The Labute approximate surface area is 182 Å². The van der Waals surface area contributed by atoms with E-state index < -0.39 is 15.9 Å². The number of benzene rings is 2. The maximum absolute atomic E-state index is 12.3. The molecule has 30 heavy (non-hydrogen) atoms. The molecular formula is C21H26ClN3O4S. The molecule has 2 rings (SSSR count). The summed E-state index contributed by atoms with van der Waals surface area (Å²) in [6, 6.07) is 13.1. The molecule has 0 radical (unpaired) electrons. The summed E-state index contributed by atoms with van der Waals surface area (Å²) in [6.45, 7) is 4.09. The first kappa shape index (κ1) is 23.9. The van der Waals surface area contributed by atoms with Gasteiger partial charge in [-0.05, 0) is 35.9 Å². The summed E-state index contributed by atoms with van der Waals surface area (Å²) in [6.07, 6.45) is 0. The number of carbonyl (C=O) groups is 2. The number of hydrogen-bond donors (Lipinski definition) is 2. The van der Waals surface area contributed by atoms with Crippen molar-refractivity contribution >= 4 is 33.4 Å². The van der Waals surface area contributed by atoms with Crippen LogP contribution in [0.3, 0.4) is 0 Å². The van der Waals surface area contributed by atoms with E-state index in [1.54, 1.807) is 6.07 Å². The second kappa shape index (κ2) is 9.59. The third kappa shape index (κ3) is 6.04. The number of nitrogens with zero attached hydrogens (tertiary/aromatic N) is 1. The highest BCUT2D eigenvalue weighted by Gasteiger charge is 2.22. The first-order valence-corrected chi connectivity index (χ1v) is 11.1. The smallest absolute Gasteiger partial charge is 0.251 e. The zero-order chi connectivity index (χ0) is 22.5. The van der Waals surface area contributed by atoms with Crippen molar-refractivity contribution < 1.29 is 18.0 Å². The van der Waals surface area contributed by atoms with Gasteiger partial charge in [-0.1, -0.05) is 43.6 Å². The van der Waals surface area contributed by atoms with Gasteiger partial charge >= 0.3 is 0 Å². The van der Waals surface area contributed by atoms with E-state index in [9.17, 15) is 18.0 Å². The van der Waals surface area contributed by atoms with Gasteiger partial charge in [-0.25, -0.2) is 12.7 Å². The maximum Gasteiger partial charge on any atom is 0.251 e. The van der Waals surface area contributed by atoms with Crippen LogP contribution < -0.4 is 10.6 Å². The molecule has 0 saturated carbocycles. The van der Waals surface area contributed by atoms with Crippen molar-refractivity contribution in [2.45, 2.75) is 24.2 Å². The third-order valence-corrected chi connectivity index (χ3v) is 6.66. The van der Waals surface area contributed by atoms with Crippen LogP contribution in [0.15, 0.2) is 53.4 Å². The molecule has 0 fully saturated rings. The summed E-state index contributed by atoms with van der Waals surface area (Å²) in [5.41, 5.74) is 0.794. The molecule has 0 aliphatic heterocycles. The van der Waals surface area contributed by atoms with Crippen LogP contribution in [0.25, 0.3) is 0 Å². The molecule has 0 aliphatic rings. The minimum Gasteiger partial charge on any atom is -0.354 e. The van der Waals surface area contributed by atoms with E-state index >= 15 is 0 Å². The largest absolute Gasteiger partial charge is 0.354 e. The Morgan fingerprint density at radius 1 is 1.03 bits per heavy atom. The van der Waals surface area contributed by atoms with Crippen LogP contribution in [0, 0.1) is 0 Å². The number of sulfonamides is 1. The Kier molecular flexibility index (Phi) is 7.63. The molecule has 0 saturated heterocycles. The number of carbonyl (C=O) groups excluding carboxylic acids is 2. The Hall–Kier alpha value is -2.42. The molecule has 2 aromatic carbocycles. The fourth-order valence-electron chi connectivity index (χ4n) is 2.66. The average Bonchev–Trinajstić information content (AvgIpc) is 2.70. The molecule has 0 unspecified atom stereocenters. The molecule has 7 nitrogen and oxygen atoms in total. The van der Waals surface area contributed by atoms with E-state index in [1.165, 1.54) is 38.4 Å². The normalized spacial score (nSPS) is 11.9. The summed E-state index contributed by atoms with van der Waals surface area (Å²) in [4.78, 5) is 24.5. The van der Waals surface area contributed by atoms with Crippen molar-refractivity contribution in [1.29, 1.82) is 0 Å². The van der Waals surface area contributed by atoms with Crippen molar-refractivity contribution in [3.8, 4) is 0 Å². The standard InChI is InChI=1S/C21H26ClN3O4S/c1-21(2,16-8-6-9-17(22)12-16)14-24-19(26)13-23-20(27)15-7-5-10-18(11-15)30(28,29)25(3)4/h5-12H,13-14H2,1-4H3,(H,23,27)(H,24,26). The molecular weight excluding hydrogens is 426 g/mol. The number of hydrogen-bond acceptors (Lipinski definition) is 4. The maximum atomic E-state index is 12.3. The lowest BCUT2D eigenvalue weighted by atomic mass is 9.84. The Balaban J connectivity index is 1.94. The number of amides is 2. The van der Waals surface area contributed by atoms with Crippen LogP contribution in [0.2, 0.25) is 5.02 Å². The minimum atomic E-state index is -3.65. The van der Waals surface area contributed by atoms with E-state index in [2.05, 4.69) is 10.6 Å².